The van der Waals surface area contributed by atoms with Crippen LogP contribution in [0, 0.1) is 0 Å². The second-order valence-corrected chi connectivity index (χ2v) is 3.82. The standard InChI is InChI=1S/C12H21N/c1-4-5-9-13-10-7-6-8-11(2)12(13)3/h8H,3-7,9-10H2,1-2H3. The Labute approximate surface area is 82.1 Å². The highest BCUT2D eigenvalue weighted by Gasteiger charge is 2.10. The van der Waals surface area contributed by atoms with Crippen LogP contribution in [-0.4, -0.2) is 18.0 Å². The predicted molar refractivity (Wildman–Crippen MR) is 58.6 cm³/mol. The number of hydrogen-bond acceptors (Lipinski definition) is 1. The Bertz CT molecular complexity index is 203. The van der Waals surface area contributed by atoms with Crippen LogP contribution in [0.25, 0.3) is 0 Å². The lowest BCUT2D eigenvalue weighted by Gasteiger charge is -2.25. The molecule has 74 valence electrons. The molecule has 1 nitrogen and oxygen atoms in total. The molecule has 1 aliphatic rings. The number of allylic oxidation sites excluding steroid dienone is 2. The van der Waals surface area contributed by atoms with Crippen LogP contribution in [0.15, 0.2) is 23.9 Å². The lowest BCUT2D eigenvalue weighted by Crippen LogP contribution is -2.24. The van der Waals surface area contributed by atoms with Gasteiger partial charge in [-0.2, -0.15) is 0 Å². The van der Waals surface area contributed by atoms with E-state index in [4.69, 9.17) is 0 Å². The van der Waals surface area contributed by atoms with Gasteiger partial charge in [0.05, 0.1) is 0 Å². The Morgan fingerprint density at radius 2 is 2.31 bits per heavy atom. The molecule has 0 saturated heterocycles. The summed E-state index contributed by atoms with van der Waals surface area (Å²) in [7, 11) is 0. The monoisotopic (exact) mass is 179 g/mol. The molecule has 0 amide bonds. The van der Waals surface area contributed by atoms with Crippen molar-refractivity contribution in [3.8, 4) is 0 Å². The Morgan fingerprint density at radius 1 is 1.54 bits per heavy atom. The van der Waals surface area contributed by atoms with Crippen molar-refractivity contribution in [2.24, 2.45) is 0 Å². The fourth-order valence-corrected chi connectivity index (χ4v) is 1.70. The van der Waals surface area contributed by atoms with Crippen molar-refractivity contribution in [1.82, 2.24) is 4.90 Å². The molecule has 0 spiro atoms. The highest BCUT2D eigenvalue weighted by molar-refractivity contribution is 5.26. The first-order valence-electron chi connectivity index (χ1n) is 5.36. The predicted octanol–water partition coefficient (Wildman–Crippen LogP) is 3.34. The van der Waals surface area contributed by atoms with Gasteiger partial charge in [-0.25, -0.2) is 0 Å². The molecule has 1 heterocycles. The largest absolute Gasteiger partial charge is 0.372 e. The number of unbranched alkanes of at least 4 members (excludes halogenated alkanes) is 1. The topological polar surface area (TPSA) is 3.24 Å². The summed E-state index contributed by atoms with van der Waals surface area (Å²) in [6.07, 6.45) is 7.36. The van der Waals surface area contributed by atoms with E-state index >= 15 is 0 Å². The molecule has 13 heavy (non-hydrogen) atoms. The first-order valence-corrected chi connectivity index (χ1v) is 5.36. The molecule has 0 radical (unpaired) electrons. The van der Waals surface area contributed by atoms with Gasteiger partial charge in [-0.1, -0.05) is 26.0 Å². The van der Waals surface area contributed by atoms with Crippen molar-refractivity contribution in [1.29, 1.82) is 0 Å². The summed E-state index contributed by atoms with van der Waals surface area (Å²) in [4.78, 5) is 2.43. The molecule has 0 atom stereocenters. The van der Waals surface area contributed by atoms with Crippen LogP contribution >= 0.6 is 0 Å². The third-order valence-corrected chi connectivity index (χ3v) is 2.70. The minimum absolute atomic E-state index is 1.18. The summed E-state index contributed by atoms with van der Waals surface area (Å²) >= 11 is 0. The molecular formula is C12H21N. The second-order valence-electron chi connectivity index (χ2n) is 3.82. The van der Waals surface area contributed by atoms with E-state index in [1.165, 1.54) is 50.0 Å². The van der Waals surface area contributed by atoms with E-state index in [9.17, 15) is 0 Å². The summed E-state index contributed by atoms with van der Waals surface area (Å²) in [5, 5.41) is 0. The third-order valence-electron chi connectivity index (χ3n) is 2.70. The van der Waals surface area contributed by atoms with Gasteiger partial charge in [-0.05, 0) is 31.8 Å². The number of nitrogens with zero attached hydrogens (tertiary/aromatic N) is 1. The molecular weight excluding hydrogens is 158 g/mol. The molecule has 1 rings (SSSR count). The number of rotatable bonds is 3. The van der Waals surface area contributed by atoms with Crippen LogP contribution in [0.3, 0.4) is 0 Å². The fourth-order valence-electron chi connectivity index (χ4n) is 1.70. The van der Waals surface area contributed by atoms with Gasteiger partial charge in [-0.15, -0.1) is 0 Å². The summed E-state index contributed by atoms with van der Waals surface area (Å²) in [6, 6.07) is 0. The van der Waals surface area contributed by atoms with E-state index in [2.05, 4.69) is 31.4 Å². The second kappa shape index (κ2) is 5.11. The maximum atomic E-state index is 4.15. The van der Waals surface area contributed by atoms with Gasteiger partial charge in [0.25, 0.3) is 0 Å². The summed E-state index contributed by atoms with van der Waals surface area (Å²) in [5.74, 6) is 0. The van der Waals surface area contributed by atoms with Gasteiger partial charge >= 0.3 is 0 Å². The summed E-state index contributed by atoms with van der Waals surface area (Å²) in [5.41, 5.74) is 2.61. The van der Waals surface area contributed by atoms with Gasteiger partial charge in [0.15, 0.2) is 0 Å². The first-order chi connectivity index (χ1) is 6.25. The van der Waals surface area contributed by atoms with E-state index in [1.807, 2.05) is 0 Å². The molecule has 0 saturated carbocycles. The van der Waals surface area contributed by atoms with Crippen LogP contribution in [-0.2, 0) is 0 Å². The van der Waals surface area contributed by atoms with Crippen LogP contribution in [0.5, 0.6) is 0 Å². The van der Waals surface area contributed by atoms with Crippen LogP contribution in [0.1, 0.15) is 39.5 Å². The molecule has 1 heteroatoms. The quantitative estimate of drug-likeness (QED) is 0.642. The van der Waals surface area contributed by atoms with Gasteiger partial charge in [0, 0.05) is 18.8 Å². The average Bonchev–Trinajstić information content (AvgIpc) is 2.28. The zero-order valence-electron chi connectivity index (χ0n) is 8.97. The van der Waals surface area contributed by atoms with Crippen LogP contribution in [0.4, 0.5) is 0 Å². The van der Waals surface area contributed by atoms with Gasteiger partial charge in [-0.3, -0.25) is 0 Å². The SMILES string of the molecule is C=C1C(C)=CCCCN1CCCC. The normalized spacial score (nSPS) is 18.5. The molecule has 0 aliphatic carbocycles. The molecule has 0 bridgehead atoms. The third kappa shape index (κ3) is 2.91. The van der Waals surface area contributed by atoms with E-state index in [1.54, 1.807) is 0 Å². The van der Waals surface area contributed by atoms with Gasteiger partial charge in [0.2, 0.25) is 0 Å². The molecule has 0 fully saturated rings. The lowest BCUT2D eigenvalue weighted by atomic mass is 10.2. The molecule has 1 aliphatic heterocycles. The molecule has 0 aromatic carbocycles. The van der Waals surface area contributed by atoms with Crippen molar-refractivity contribution in [3.05, 3.63) is 23.9 Å². The van der Waals surface area contributed by atoms with Gasteiger partial charge < -0.3 is 4.90 Å². The molecule has 0 N–H and O–H groups in total. The van der Waals surface area contributed by atoms with Crippen LogP contribution in [0.2, 0.25) is 0 Å². The maximum Gasteiger partial charge on any atom is 0.0319 e. The van der Waals surface area contributed by atoms with Crippen molar-refractivity contribution < 1.29 is 0 Å². The fraction of sp³-hybridized carbons (Fsp3) is 0.667. The molecule has 0 unspecified atom stereocenters. The Morgan fingerprint density at radius 3 is 3.00 bits per heavy atom. The molecule has 0 aromatic rings. The van der Waals surface area contributed by atoms with E-state index < -0.39 is 0 Å². The summed E-state index contributed by atoms with van der Waals surface area (Å²) < 4.78 is 0. The van der Waals surface area contributed by atoms with Crippen LogP contribution < -0.4 is 0 Å². The van der Waals surface area contributed by atoms with E-state index in [-0.39, 0.29) is 0 Å². The highest BCUT2D eigenvalue weighted by Crippen LogP contribution is 2.19. The van der Waals surface area contributed by atoms with Crippen molar-refractivity contribution in [2.45, 2.75) is 39.5 Å². The van der Waals surface area contributed by atoms with Crippen molar-refractivity contribution in [3.63, 3.8) is 0 Å². The van der Waals surface area contributed by atoms with E-state index in [0.717, 1.165) is 0 Å². The van der Waals surface area contributed by atoms with Crippen molar-refractivity contribution in [2.75, 3.05) is 13.1 Å². The average molecular weight is 179 g/mol. The van der Waals surface area contributed by atoms with E-state index in [0.29, 0.717) is 0 Å². The smallest absolute Gasteiger partial charge is 0.0319 e. The van der Waals surface area contributed by atoms with Crippen molar-refractivity contribution >= 4 is 0 Å². The first kappa shape index (κ1) is 10.4. The minimum Gasteiger partial charge on any atom is -0.372 e. The number of hydrogen-bond donors (Lipinski definition) is 0. The summed E-state index contributed by atoms with van der Waals surface area (Å²) in [6.45, 7) is 10.9. The lowest BCUT2D eigenvalue weighted by molar-refractivity contribution is 0.346. The minimum atomic E-state index is 1.18. The zero-order chi connectivity index (χ0) is 9.68. The Balaban J connectivity index is 2.52. The highest BCUT2D eigenvalue weighted by atomic mass is 15.1. The Kier molecular flexibility index (Phi) is 4.07. The molecule has 0 aromatic heterocycles. The van der Waals surface area contributed by atoms with Gasteiger partial charge in [0.1, 0.15) is 0 Å². The zero-order valence-corrected chi connectivity index (χ0v) is 8.97. The maximum absolute atomic E-state index is 4.15. The Hall–Kier alpha value is -0.720.